The van der Waals surface area contributed by atoms with Crippen molar-refractivity contribution in [2.24, 2.45) is 0 Å². The van der Waals surface area contributed by atoms with E-state index >= 15 is 0 Å². The molecule has 0 atom stereocenters. The summed E-state index contributed by atoms with van der Waals surface area (Å²) in [5, 5.41) is 12.3. The van der Waals surface area contributed by atoms with Gasteiger partial charge in [-0.2, -0.15) is 0 Å². The lowest BCUT2D eigenvalue weighted by molar-refractivity contribution is 0.218. The zero-order valence-corrected chi connectivity index (χ0v) is 11.6. The number of hydrogen-bond donors (Lipinski definition) is 1. The predicted molar refractivity (Wildman–Crippen MR) is 74.2 cm³/mol. The molecule has 2 aromatic rings. The lowest BCUT2D eigenvalue weighted by atomic mass is 9.96. The van der Waals surface area contributed by atoms with Crippen molar-refractivity contribution in [3.8, 4) is 17.0 Å². The molecule has 2 rings (SSSR count). The number of aliphatic hydroxyl groups is 1. The van der Waals surface area contributed by atoms with Gasteiger partial charge in [-0.1, -0.05) is 26.0 Å². The molecule has 3 nitrogen and oxygen atoms in total. The van der Waals surface area contributed by atoms with Crippen molar-refractivity contribution in [2.75, 3.05) is 13.7 Å². The fraction of sp³-hybridized carbons (Fsp3) is 0.357. The van der Waals surface area contributed by atoms with Crippen LogP contribution in [-0.2, 0) is 5.41 Å². The molecule has 0 amide bonds. The van der Waals surface area contributed by atoms with Crippen molar-refractivity contribution >= 4 is 11.3 Å². The maximum atomic E-state index is 9.36. The summed E-state index contributed by atoms with van der Waals surface area (Å²) in [6.45, 7) is 4.07. The van der Waals surface area contributed by atoms with Crippen LogP contribution in [-0.4, -0.2) is 23.8 Å². The molecule has 1 heterocycles. The van der Waals surface area contributed by atoms with Gasteiger partial charge >= 0.3 is 0 Å². The van der Waals surface area contributed by atoms with E-state index in [1.807, 2.05) is 43.5 Å². The van der Waals surface area contributed by atoms with Crippen molar-refractivity contribution in [3.05, 3.63) is 34.7 Å². The van der Waals surface area contributed by atoms with E-state index in [2.05, 4.69) is 4.98 Å². The van der Waals surface area contributed by atoms with E-state index in [-0.39, 0.29) is 12.0 Å². The minimum absolute atomic E-state index is 0.0953. The highest BCUT2D eigenvalue weighted by Crippen LogP contribution is 2.31. The number of nitrogens with zero attached hydrogens (tertiary/aromatic N) is 1. The Morgan fingerprint density at radius 2 is 2.17 bits per heavy atom. The Kier molecular flexibility index (Phi) is 3.68. The maximum Gasteiger partial charge on any atom is 0.119 e. The average Bonchev–Trinajstić information content (AvgIpc) is 2.89. The summed E-state index contributed by atoms with van der Waals surface area (Å²) in [5.74, 6) is 0.823. The van der Waals surface area contributed by atoms with Gasteiger partial charge in [0.25, 0.3) is 0 Å². The van der Waals surface area contributed by atoms with Crippen LogP contribution in [0.25, 0.3) is 11.3 Å². The molecule has 0 saturated heterocycles. The molecular weight excluding hydrogens is 246 g/mol. The van der Waals surface area contributed by atoms with Crippen molar-refractivity contribution < 1.29 is 9.84 Å². The zero-order valence-electron chi connectivity index (χ0n) is 10.8. The third-order valence-electron chi connectivity index (χ3n) is 2.84. The summed E-state index contributed by atoms with van der Waals surface area (Å²) in [7, 11) is 1.65. The molecule has 0 unspecified atom stereocenters. The molecule has 1 aromatic carbocycles. The highest BCUT2D eigenvalue weighted by Gasteiger charge is 2.23. The van der Waals surface area contributed by atoms with Crippen molar-refractivity contribution in [1.29, 1.82) is 0 Å². The van der Waals surface area contributed by atoms with Crippen molar-refractivity contribution in [1.82, 2.24) is 4.98 Å². The highest BCUT2D eigenvalue weighted by atomic mass is 32.1. The number of aromatic nitrogens is 1. The molecule has 96 valence electrons. The molecular formula is C14H17NO2S. The maximum absolute atomic E-state index is 9.36. The number of thiazole rings is 1. The average molecular weight is 263 g/mol. The second kappa shape index (κ2) is 5.08. The molecule has 1 N–H and O–H groups in total. The second-order valence-electron chi connectivity index (χ2n) is 4.81. The van der Waals surface area contributed by atoms with Gasteiger partial charge in [-0.05, 0) is 12.1 Å². The lowest BCUT2D eigenvalue weighted by Crippen LogP contribution is -2.21. The number of hydrogen-bond acceptors (Lipinski definition) is 4. The Labute approximate surface area is 111 Å². The number of ether oxygens (including phenoxy) is 1. The SMILES string of the molecule is COc1cccc(-c2csc(C(C)(C)CO)n2)c1. The van der Waals surface area contributed by atoms with E-state index in [0.29, 0.717) is 0 Å². The summed E-state index contributed by atoms with van der Waals surface area (Å²) in [5.41, 5.74) is 1.67. The van der Waals surface area contributed by atoms with E-state index in [9.17, 15) is 5.11 Å². The second-order valence-corrected chi connectivity index (χ2v) is 5.67. The summed E-state index contributed by atoms with van der Waals surface area (Å²) < 4.78 is 5.21. The fourth-order valence-corrected chi connectivity index (χ4v) is 2.51. The summed E-state index contributed by atoms with van der Waals surface area (Å²) in [6, 6.07) is 7.83. The first-order valence-corrected chi connectivity index (χ1v) is 6.66. The van der Waals surface area contributed by atoms with Crippen molar-refractivity contribution in [2.45, 2.75) is 19.3 Å². The quantitative estimate of drug-likeness (QED) is 0.921. The minimum atomic E-state index is -0.290. The number of methoxy groups -OCH3 is 1. The van der Waals surface area contributed by atoms with Gasteiger partial charge in [0.05, 0.1) is 19.4 Å². The van der Waals surface area contributed by atoms with E-state index in [0.717, 1.165) is 22.0 Å². The van der Waals surface area contributed by atoms with Gasteiger partial charge in [0.2, 0.25) is 0 Å². The number of rotatable bonds is 4. The Morgan fingerprint density at radius 1 is 1.39 bits per heavy atom. The third-order valence-corrected chi connectivity index (χ3v) is 4.05. The standard InChI is InChI=1S/C14H17NO2S/c1-14(2,9-16)13-15-12(8-18-13)10-5-4-6-11(7-10)17-3/h4-8,16H,9H2,1-3H3. The molecule has 18 heavy (non-hydrogen) atoms. The van der Waals surface area contributed by atoms with Crippen LogP contribution < -0.4 is 4.74 Å². The summed E-state index contributed by atoms with van der Waals surface area (Å²) in [6.07, 6.45) is 0. The van der Waals surface area contributed by atoms with E-state index < -0.39 is 0 Å². The van der Waals surface area contributed by atoms with E-state index in [1.54, 1.807) is 18.4 Å². The lowest BCUT2D eigenvalue weighted by Gasteiger charge is -2.17. The Balaban J connectivity index is 2.35. The first kappa shape index (κ1) is 13.1. The van der Waals surface area contributed by atoms with Gasteiger partial charge in [-0.25, -0.2) is 4.98 Å². The van der Waals surface area contributed by atoms with Crippen LogP contribution in [0.15, 0.2) is 29.6 Å². The van der Waals surface area contributed by atoms with Crippen molar-refractivity contribution in [3.63, 3.8) is 0 Å². The Hall–Kier alpha value is -1.39. The van der Waals surface area contributed by atoms with Crippen LogP contribution in [0.2, 0.25) is 0 Å². The molecule has 4 heteroatoms. The molecule has 0 aliphatic rings. The van der Waals surface area contributed by atoms with Crippen LogP contribution in [0, 0.1) is 0 Å². The first-order chi connectivity index (χ1) is 8.56. The Morgan fingerprint density at radius 3 is 2.83 bits per heavy atom. The van der Waals surface area contributed by atoms with Gasteiger partial charge in [0, 0.05) is 16.4 Å². The number of aliphatic hydroxyl groups excluding tert-OH is 1. The molecule has 1 aromatic heterocycles. The van der Waals surface area contributed by atoms with Gasteiger partial charge in [0.1, 0.15) is 10.8 Å². The number of benzene rings is 1. The molecule has 0 bridgehead atoms. The molecule has 0 saturated carbocycles. The normalized spacial score (nSPS) is 11.6. The van der Waals surface area contributed by atoms with Crippen LogP contribution in [0.4, 0.5) is 0 Å². The molecule has 0 aliphatic carbocycles. The van der Waals surface area contributed by atoms with Crippen LogP contribution in [0.5, 0.6) is 5.75 Å². The van der Waals surface area contributed by atoms with Gasteiger partial charge < -0.3 is 9.84 Å². The van der Waals surface area contributed by atoms with Crippen LogP contribution >= 0.6 is 11.3 Å². The van der Waals surface area contributed by atoms with Crippen LogP contribution in [0.3, 0.4) is 0 Å². The topological polar surface area (TPSA) is 42.4 Å². The monoisotopic (exact) mass is 263 g/mol. The van der Waals surface area contributed by atoms with E-state index in [4.69, 9.17) is 4.74 Å². The highest BCUT2D eigenvalue weighted by molar-refractivity contribution is 7.10. The fourth-order valence-electron chi connectivity index (χ4n) is 1.57. The largest absolute Gasteiger partial charge is 0.497 e. The predicted octanol–water partition coefficient (Wildman–Crippen LogP) is 3.09. The Bertz CT molecular complexity index is 534. The van der Waals surface area contributed by atoms with Gasteiger partial charge in [-0.15, -0.1) is 11.3 Å². The summed E-state index contributed by atoms with van der Waals surface area (Å²) >= 11 is 1.58. The molecule has 0 spiro atoms. The van der Waals surface area contributed by atoms with Gasteiger partial charge in [0.15, 0.2) is 0 Å². The van der Waals surface area contributed by atoms with Gasteiger partial charge in [-0.3, -0.25) is 0 Å². The third kappa shape index (κ3) is 2.54. The zero-order chi connectivity index (χ0) is 13.2. The molecule has 0 aliphatic heterocycles. The van der Waals surface area contributed by atoms with E-state index in [1.165, 1.54) is 0 Å². The first-order valence-electron chi connectivity index (χ1n) is 5.78. The summed E-state index contributed by atoms with van der Waals surface area (Å²) in [4.78, 5) is 4.60. The van der Waals surface area contributed by atoms with Crippen LogP contribution in [0.1, 0.15) is 18.9 Å². The smallest absolute Gasteiger partial charge is 0.119 e. The minimum Gasteiger partial charge on any atom is -0.497 e. The molecule has 0 radical (unpaired) electrons. The molecule has 0 fully saturated rings.